The molecule has 0 aliphatic rings. The first-order valence-corrected chi connectivity index (χ1v) is 4.65. The van der Waals surface area contributed by atoms with Gasteiger partial charge in [-0.3, -0.25) is 0 Å². The van der Waals surface area contributed by atoms with Crippen LogP contribution in [0.1, 0.15) is 11.1 Å². The molecule has 0 aromatic heterocycles. The van der Waals surface area contributed by atoms with E-state index in [0.717, 1.165) is 15.6 Å². The first-order valence-electron chi connectivity index (χ1n) is 3.86. The standard InChI is InChI=1S/C9H12BrNO/c10-9-2-1-7(6-11)5-8(9)3-4-12/h1-2,5,12H,3-4,6,11H2. The Morgan fingerprint density at radius 1 is 1.42 bits per heavy atom. The van der Waals surface area contributed by atoms with Gasteiger partial charge in [0.1, 0.15) is 0 Å². The highest BCUT2D eigenvalue weighted by Crippen LogP contribution is 2.18. The molecule has 0 amide bonds. The van der Waals surface area contributed by atoms with Gasteiger partial charge in [0.05, 0.1) is 0 Å². The number of hydrogen-bond acceptors (Lipinski definition) is 2. The molecule has 0 saturated carbocycles. The van der Waals surface area contributed by atoms with Gasteiger partial charge in [0.15, 0.2) is 0 Å². The van der Waals surface area contributed by atoms with E-state index in [-0.39, 0.29) is 6.61 Å². The van der Waals surface area contributed by atoms with Crippen molar-refractivity contribution in [1.82, 2.24) is 0 Å². The molecule has 0 spiro atoms. The summed E-state index contributed by atoms with van der Waals surface area (Å²) in [4.78, 5) is 0. The Bertz CT molecular complexity index is 263. The second-order valence-electron chi connectivity index (χ2n) is 2.60. The van der Waals surface area contributed by atoms with Gasteiger partial charge in [0, 0.05) is 17.6 Å². The van der Waals surface area contributed by atoms with Crippen molar-refractivity contribution in [2.75, 3.05) is 6.61 Å². The lowest BCUT2D eigenvalue weighted by atomic mass is 10.1. The van der Waals surface area contributed by atoms with Crippen molar-refractivity contribution in [3.8, 4) is 0 Å². The third-order valence-corrected chi connectivity index (χ3v) is 2.50. The van der Waals surface area contributed by atoms with Crippen LogP contribution >= 0.6 is 15.9 Å². The molecule has 2 nitrogen and oxygen atoms in total. The van der Waals surface area contributed by atoms with Crippen LogP contribution in [0.4, 0.5) is 0 Å². The van der Waals surface area contributed by atoms with Gasteiger partial charge in [-0.05, 0) is 23.6 Å². The molecule has 1 rings (SSSR count). The molecule has 12 heavy (non-hydrogen) atoms. The number of hydrogen-bond donors (Lipinski definition) is 2. The van der Waals surface area contributed by atoms with Gasteiger partial charge in [-0.25, -0.2) is 0 Å². The molecule has 0 bridgehead atoms. The number of nitrogens with two attached hydrogens (primary N) is 1. The monoisotopic (exact) mass is 229 g/mol. The minimum Gasteiger partial charge on any atom is -0.396 e. The normalized spacial score (nSPS) is 10.2. The summed E-state index contributed by atoms with van der Waals surface area (Å²) in [5.74, 6) is 0. The first-order chi connectivity index (χ1) is 5.77. The van der Waals surface area contributed by atoms with E-state index in [1.54, 1.807) is 0 Å². The van der Waals surface area contributed by atoms with Crippen molar-refractivity contribution in [2.24, 2.45) is 5.73 Å². The average molecular weight is 230 g/mol. The molecule has 0 aliphatic heterocycles. The Labute approximate surface area is 80.5 Å². The maximum atomic E-state index is 8.76. The van der Waals surface area contributed by atoms with Crippen molar-refractivity contribution in [3.63, 3.8) is 0 Å². The predicted molar refractivity (Wildman–Crippen MR) is 52.8 cm³/mol. The van der Waals surface area contributed by atoms with E-state index in [0.29, 0.717) is 13.0 Å². The summed E-state index contributed by atoms with van der Waals surface area (Å²) in [5.41, 5.74) is 7.70. The van der Waals surface area contributed by atoms with Crippen LogP contribution in [0.5, 0.6) is 0 Å². The minimum atomic E-state index is 0.173. The van der Waals surface area contributed by atoms with Gasteiger partial charge in [-0.15, -0.1) is 0 Å². The number of rotatable bonds is 3. The van der Waals surface area contributed by atoms with Crippen LogP contribution in [-0.4, -0.2) is 11.7 Å². The Morgan fingerprint density at radius 2 is 2.17 bits per heavy atom. The van der Waals surface area contributed by atoms with Crippen molar-refractivity contribution in [1.29, 1.82) is 0 Å². The molecule has 66 valence electrons. The van der Waals surface area contributed by atoms with E-state index < -0.39 is 0 Å². The molecular weight excluding hydrogens is 218 g/mol. The molecule has 0 unspecified atom stereocenters. The van der Waals surface area contributed by atoms with Crippen LogP contribution in [-0.2, 0) is 13.0 Å². The van der Waals surface area contributed by atoms with E-state index >= 15 is 0 Å². The summed E-state index contributed by atoms with van der Waals surface area (Å²) < 4.78 is 1.04. The van der Waals surface area contributed by atoms with E-state index in [4.69, 9.17) is 10.8 Å². The number of aliphatic hydroxyl groups excluding tert-OH is 1. The lowest BCUT2D eigenvalue weighted by Crippen LogP contribution is -1.99. The summed E-state index contributed by atoms with van der Waals surface area (Å²) in [6, 6.07) is 5.96. The Morgan fingerprint density at radius 3 is 2.75 bits per heavy atom. The molecule has 3 N–H and O–H groups in total. The molecule has 0 aliphatic carbocycles. The molecule has 0 atom stereocenters. The SMILES string of the molecule is NCc1ccc(Br)c(CCO)c1. The number of halogens is 1. The maximum Gasteiger partial charge on any atom is 0.0471 e. The topological polar surface area (TPSA) is 46.2 Å². The highest BCUT2D eigenvalue weighted by Gasteiger charge is 1.99. The van der Waals surface area contributed by atoms with E-state index in [1.807, 2.05) is 18.2 Å². The third-order valence-electron chi connectivity index (χ3n) is 1.73. The highest BCUT2D eigenvalue weighted by molar-refractivity contribution is 9.10. The van der Waals surface area contributed by atoms with Crippen LogP contribution in [0.3, 0.4) is 0 Å². The second-order valence-corrected chi connectivity index (χ2v) is 3.46. The molecule has 0 heterocycles. The summed E-state index contributed by atoms with van der Waals surface area (Å²) >= 11 is 3.41. The molecule has 1 aromatic rings. The van der Waals surface area contributed by atoms with Gasteiger partial charge in [0.25, 0.3) is 0 Å². The molecule has 1 aromatic carbocycles. The average Bonchev–Trinajstić information content (AvgIpc) is 2.09. The van der Waals surface area contributed by atoms with E-state index in [9.17, 15) is 0 Å². The molecule has 3 heteroatoms. The lowest BCUT2D eigenvalue weighted by molar-refractivity contribution is 0.299. The van der Waals surface area contributed by atoms with Crippen LogP contribution in [0, 0.1) is 0 Å². The van der Waals surface area contributed by atoms with Gasteiger partial charge in [-0.2, -0.15) is 0 Å². The van der Waals surface area contributed by atoms with Crippen LogP contribution in [0.2, 0.25) is 0 Å². The zero-order chi connectivity index (χ0) is 8.97. The van der Waals surface area contributed by atoms with Crippen molar-refractivity contribution in [2.45, 2.75) is 13.0 Å². The van der Waals surface area contributed by atoms with Crippen molar-refractivity contribution in [3.05, 3.63) is 33.8 Å². The maximum absolute atomic E-state index is 8.76. The summed E-state index contributed by atoms with van der Waals surface area (Å²) in [6.45, 7) is 0.721. The van der Waals surface area contributed by atoms with Gasteiger partial charge >= 0.3 is 0 Å². The second kappa shape index (κ2) is 4.60. The predicted octanol–water partition coefficient (Wildman–Crippen LogP) is 1.44. The highest BCUT2D eigenvalue weighted by atomic mass is 79.9. The quantitative estimate of drug-likeness (QED) is 0.825. The zero-order valence-electron chi connectivity index (χ0n) is 6.76. The fourth-order valence-corrected chi connectivity index (χ4v) is 1.51. The molecule has 0 saturated heterocycles. The smallest absolute Gasteiger partial charge is 0.0471 e. The van der Waals surface area contributed by atoms with Crippen molar-refractivity contribution < 1.29 is 5.11 Å². The fourth-order valence-electron chi connectivity index (χ4n) is 1.07. The van der Waals surface area contributed by atoms with Crippen molar-refractivity contribution >= 4 is 15.9 Å². The number of benzene rings is 1. The third kappa shape index (κ3) is 2.30. The van der Waals surface area contributed by atoms with Gasteiger partial charge in [-0.1, -0.05) is 28.1 Å². The van der Waals surface area contributed by atoms with E-state index in [2.05, 4.69) is 15.9 Å². The Kier molecular flexibility index (Phi) is 3.72. The molecule has 0 radical (unpaired) electrons. The van der Waals surface area contributed by atoms with Gasteiger partial charge in [0.2, 0.25) is 0 Å². The molecular formula is C9H12BrNO. The van der Waals surface area contributed by atoms with Crippen LogP contribution in [0.15, 0.2) is 22.7 Å². The van der Waals surface area contributed by atoms with Crippen LogP contribution in [0.25, 0.3) is 0 Å². The first kappa shape index (κ1) is 9.71. The summed E-state index contributed by atoms with van der Waals surface area (Å²) in [7, 11) is 0. The minimum absolute atomic E-state index is 0.173. The van der Waals surface area contributed by atoms with E-state index in [1.165, 1.54) is 0 Å². The van der Waals surface area contributed by atoms with Gasteiger partial charge < -0.3 is 10.8 Å². The summed E-state index contributed by atoms with van der Waals surface area (Å²) in [5, 5.41) is 8.76. The Balaban J connectivity index is 2.91. The zero-order valence-corrected chi connectivity index (χ0v) is 8.34. The Hall–Kier alpha value is -0.380. The molecule has 0 fully saturated rings. The number of aliphatic hydroxyl groups is 1. The fraction of sp³-hybridized carbons (Fsp3) is 0.333. The summed E-state index contributed by atoms with van der Waals surface area (Å²) in [6.07, 6.45) is 0.675. The largest absolute Gasteiger partial charge is 0.396 e. The van der Waals surface area contributed by atoms with Crippen LogP contribution < -0.4 is 5.73 Å². The lowest BCUT2D eigenvalue weighted by Gasteiger charge is -2.04.